The molecule has 2 aromatic heterocycles. The Morgan fingerprint density at radius 3 is 2.96 bits per heavy atom. The highest BCUT2D eigenvalue weighted by atomic mass is 35.5. The maximum absolute atomic E-state index is 12.5. The Balaban J connectivity index is 1.45. The second-order valence-corrected chi connectivity index (χ2v) is 7.29. The predicted octanol–water partition coefficient (Wildman–Crippen LogP) is 2.21. The van der Waals surface area contributed by atoms with Crippen LogP contribution in [0.1, 0.15) is 23.4 Å². The molecule has 2 N–H and O–H groups in total. The highest BCUT2D eigenvalue weighted by molar-refractivity contribution is 6.30. The lowest BCUT2D eigenvalue weighted by molar-refractivity contribution is 0.0842. The van der Waals surface area contributed by atoms with E-state index in [9.17, 15) is 14.7 Å². The number of hydrogen-bond donors (Lipinski definition) is 2. The molecule has 140 valence electrons. The molecule has 0 aliphatic heterocycles. The van der Waals surface area contributed by atoms with Crippen LogP contribution in [0.2, 0.25) is 5.02 Å². The summed E-state index contributed by atoms with van der Waals surface area (Å²) in [4.78, 5) is 24.6. The minimum atomic E-state index is -0.669. The van der Waals surface area contributed by atoms with Crippen LogP contribution in [0, 0.1) is 5.92 Å². The fraction of sp³-hybridized carbons (Fsp3) is 0.316. The molecule has 0 bridgehead atoms. The molecule has 1 aromatic carbocycles. The van der Waals surface area contributed by atoms with E-state index >= 15 is 0 Å². The molecule has 1 saturated carbocycles. The minimum Gasteiger partial charge on any atom is -0.417 e. The van der Waals surface area contributed by atoms with Crippen LogP contribution in [-0.4, -0.2) is 32.9 Å². The van der Waals surface area contributed by atoms with Gasteiger partial charge in [0, 0.05) is 12.7 Å². The SMILES string of the molecule is O=C(N[C@@H]1CC(Cn2cc(Cl)cn2)C[C@H]1O)c1cc2ccccc2c(=O)o1. The number of rotatable bonds is 4. The molecule has 0 radical (unpaired) electrons. The molecule has 0 saturated heterocycles. The quantitative estimate of drug-likeness (QED) is 0.715. The average molecular weight is 388 g/mol. The highest BCUT2D eigenvalue weighted by Gasteiger charge is 2.34. The van der Waals surface area contributed by atoms with E-state index in [-0.39, 0.29) is 11.7 Å². The van der Waals surface area contributed by atoms with Gasteiger partial charge < -0.3 is 14.8 Å². The van der Waals surface area contributed by atoms with E-state index in [1.54, 1.807) is 41.3 Å². The van der Waals surface area contributed by atoms with E-state index in [1.807, 2.05) is 0 Å². The summed E-state index contributed by atoms with van der Waals surface area (Å²) >= 11 is 5.87. The van der Waals surface area contributed by atoms with Crippen molar-refractivity contribution in [1.82, 2.24) is 15.1 Å². The molecule has 1 aliphatic rings. The van der Waals surface area contributed by atoms with E-state index in [2.05, 4.69) is 10.4 Å². The first-order valence-electron chi connectivity index (χ1n) is 8.69. The molecule has 1 unspecified atom stereocenters. The van der Waals surface area contributed by atoms with Gasteiger partial charge in [-0.2, -0.15) is 5.10 Å². The fourth-order valence-corrected chi connectivity index (χ4v) is 3.77. The third-order valence-electron chi connectivity index (χ3n) is 4.88. The van der Waals surface area contributed by atoms with Gasteiger partial charge in [-0.1, -0.05) is 29.8 Å². The van der Waals surface area contributed by atoms with Gasteiger partial charge in [0.1, 0.15) is 0 Å². The van der Waals surface area contributed by atoms with Crippen LogP contribution < -0.4 is 10.9 Å². The van der Waals surface area contributed by atoms with Crippen molar-refractivity contribution < 1.29 is 14.3 Å². The molecule has 1 amide bonds. The molecule has 1 aliphatic carbocycles. The summed E-state index contributed by atoms with van der Waals surface area (Å²) < 4.78 is 6.87. The number of fused-ring (bicyclic) bond motifs is 1. The van der Waals surface area contributed by atoms with Gasteiger partial charge in [-0.3, -0.25) is 9.48 Å². The molecule has 27 heavy (non-hydrogen) atoms. The Morgan fingerprint density at radius 1 is 1.37 bits per heavy atom. The number of nitrogens with one attached hydrogen (secondary N) is 1. The molecular weight excluding hydrogens is 370 g/mol. The lowest BCUT2D eigenvalue weighted by atomic mass is 10.1. The number of carbonyl (C=O) groups is 1. The van der Waals surface area contributed by atoms with Gasteiger partial charge in [0.15, 0.2) is 5.76 Å². The lowest BCUT2D eigenvalue weighted by Gasteiger charge is -2.16. The number of nitrogens with zero attached hydrogens (tertiary/aromatic N) is 2. The Bertz CT molecular complexity index is 1040. The zero-order chi connectivity index (χ0) is 19.0. The summed E-state index contributed by atoms with van der Waals surface area (Å²) in [7, 11) is 0. The standard InChI is InChI=1S/C19H18ClN3O4/c20-13-8-21-23(10-13)9-11-5-15(16(24)6-11)22-18(25)17-7-12-3-1-2-4-14(12)19(26)27-17/h1-4,7-8,10-11,15-16,24H,5-6,9H2,(H,22,25)/t11?,15-,16-/m1/s1. The number of aromatic nitrogens is 2. The van der Waals surface area contributed by atoms with E-state index in [0.29, 0.717) is 35.2 Å². The van der Waals surface area contributed by atoms with Crippen molar-refractivity contribution >= 4 is 28.3 Å². The van der Waals surface area contributed by atoms with Gasteiger partial charge >= 0.3 is 5.63 Å². The molecule has 2 heterocycles. The van der Waals surface area contributed by atoms with Crippen molar-refractivity contribution in [2.75, 3.05) is 0 Å². The zero-order valence-electron chi connectivity index (χ0n) is 14.3. The summed E-state index contributed by atoms with van der Waals surface area (Å²) in [5.74, 6) is -0.414. The summed E-state index contributed by atoms with van der Waals surface area (Å²) in [6, 6.07) is 8.05. The first-order valence-corrected chi connectivity index (χ1v) is 9.07. The molecular formula is C19H18ClN3O4. The first kappa shape index (κ1) is 17.8. The predicted molar refractivity (Wildman–Crippen MR) is 99.7 cm³/mol. The smallest absolute Gasteiger partial charge is 0.344 e. The molecule has 1 fully saturated rings. The number of aliphatic hydroxyl groups excluding tert-OH is 1. The Morgan fingerprint density at radius 2 is 2.19 bits per heavy atom. The van der Waals surface area contributed by atoms with Crippen LogP contribution >= 0.6 is 11.6 Å². The molecule has 8 heteroatoms. The van der Waals surface area contributed by atoms with E-state index in [0.717, 1.165) is 0 Å². The maximum atomic E-state index is 12.5. The monoisotopic (exact) mass is 387 g/mol. The van der Waals surface area contributed by atoms with Crippen LogP contribution in [-0.2, 0) is 6.54 Å². The molecule has 3 atom stereocenters. The van der Waals surface area contributed by atoms with Gasteiger partial charge in [-0.25, -0.2) is 4.79 Å². The number of carbonyl (C=O) groups excluding carboxylic acids is 1. The fourth-order valence-electron chi connectivity index (χ4n) is 3.61. The first-order chi connectivity index (χ1) is 13.0. The van der Waals surface area contributed by atoms with Gasteiger partial charge in [-0.05, 0) is 36.3 Å². The van der Waals surface area contributed by atoms with Gasteiger partial charge in [-0.15, -0.1) is 0 Å². The Kier molecular flexibility index (Phi) is 4.72. The van der Waals surface area contributed by atoms with Crippen molar-refractivity contribution in [2.24, 2.45) is 5.92 Å². The van der Waals surface area contributed by atoms with Crippen molar-refractivity contribution in [1.29, 1.82) is 0 Å². The van der Waals surface area contributed by atoms with Crippen LogP contribution in [0.25, 0.3) is 10.8 Å². The maximum Gasteiger partial charge on any atom is 0.344 e. The average Bonchev–Trinajstić information content (AvgIpc) is 3.20. The topological polar surface area (TPSA) is 97.4 Å². The van der Waals surface area contributed by atoms with Gasteiger partial charge in [0.25, 0.3) is 5.91 Å². The van der Waals surface area contributed by atoms with Crippen molar-refractivity contribution in [3.63, 3.8) is 0 Å². The van der Waals surface area contributed by atoms with Crippen molar-refractivity contribution in [2.45, 2.75) is 31.5 Å². The number of aliphatic hydroxyl groups is 1. The molecule has 3 aromatic rings. The third kappa shape index (κ3) is 3.74. The second kappa shape index (κ2) is 7.17. The van der Waals surface area contributed by atoms with E-state index < -0.39 is 23.7 Å². The zero-order valence-corrected chi connectivity index (χ0v) is 15.1. The summed E-state index contributed by atoms with van der Waals surface area (Å²) in [6.07, 6.45) is 3.77. The van der Waals surface area contributed by atoms with Crippen LogP contribution in [0.4, 0.5) is 0 Å². The van der Waals surface area contributed by atoms with Crippen molar-refractivity contribution in [3.8, 4) is 0 Å². The lowest BCUT2D eigenvalue weighted by Crippen LogP contribution is -2.40. The van der Waals surface area contributed by atoms with Crippen molar-refractivity contribution in [3.05, 3.63) is 63.9 Å². The van der Waals surface area contributed by atoms with Gasteiger partial charge in [0.2, 0.25) is 0 Å². The largest absolute Gasteiger partial charge is 0.417 e. The molecule has 7 nitrogen and oxygen atoms in total. The number of hydrogen-bond acceptors (Lipinski definition) is 5. The second-order valence-electron chi connectivity index (χ2n) is 6.85. The molecule has 4 rings (SSSR count). The number of halogens is 1. The third-order valence-corrected chi connectivity index (χ3v) is 5.08. The Hall–Kier alpha value is -2.64. The van der Waals surface area contributed by atoms with Gasteiger partial charge in [0.05, 0.1) is 28.8 Å². The molecule has 0 spiro atoms. The normalized spacial score (nSPS) is 22.2. The van der Waals surface area contributed by atoms with Crippen LogP contribution in [0.15, 0.2) is 51.9 Å². The summed E-state index contributed by atoms with van der Waals surface area (Å²) in [6.45, 7) is 0.612. The minimum absolute atomic E-state index is 0.0618. The number of benzene rings is 1. The van der Waals surface area contributed by atoms with E-state index in [4.69, 9.17) is 16.0 Å². The number of amides is 1. The Labute approximate surface area is 159 Å². The van der Waals surface area contributed by atoms with Crippen LogP contribution in [0.5, 0.6) is 0 Å². The highest BCUT2D eigenvalue weighted by Crippen LogP contribution is 2.28. The van der Waals surface area contributed by atoms with Crippen LogP contribution in [0.3, 0.4) is 0 Å². The summed E-state index contributed by atoms with van der Waals surface area (Å²) in [5, 5.41) is 18.8. The van der Waals surface area contributed by atoms with E-state index in [1.165, 1.54) is 6.07 Å². The summed E-state index contributed by atoms with van der Waals surface area (Å²) in [5.41, 5.74) is -0.557.